The standard InChI is InChI=1S/C23H15N3O4S2/c27-21(26-15-5-1-3-7-19(15)32-20-8-4-2-6-16(20)26)12-31-23-25-24-22(30-23)14-9-10-17-18(11-14)29-13-28-17/h1-11H,12-13H2. The molecule has 2 aliphatic rings. The number of hydrogen-bond acceptors (Lipinski definition) is 8. The van der Waals surface area contributed by atoms with Gasteiger partial charge in [-0.1, -0.05) is 47.8 Å². The summed E-state index contributed by atoms with van der Waals surface area (Å²) < 4.78 is 16.5. The lowest BCUT2D eigenvalue weighted by Gasteiger charge is -2.30. The number of carbonyl (C=O) groups excluding carboxylic acids is 1. The van der Waals surface area contributed by atoms with Crippen molar-refractivity contribution in [1.82, 2.24) is 10.2 Å². The van der Waals surface area contributed by atoms with Crippen molar-refractivity contribution in [3.05, 3.63) is 66.7 Å². The summed E-state index contributed by atoms with van der Waals surface area (Å²) in [5.41, 5.74) is 2.50. The van der Waals surface area contributed by atoms with E-state index in [4.69, 9.17) is 13.9 Å². The average molecular weight is 462 g/mol. The topological polar surface area (TPSA) is 77.7 Å². The lowest BCUT2D eigenvalue weighted by atomic mass is 10.2. The van der Waals surface area contributed by atoms with Crippen LogP contribution in [-0.2, 0) is 4.79 Å². The molecule has 0 radical (unpaired) electrons. The van der Waals surface area contributed by atoms with E-state index in [1.165, 1.54) is 11.8 Å². The van der Waals surface area contributed by atoms with Crippen LogP contribution in [0.4, 0.5) is 11.4 Å². The van der Waals surface area contributed by atoms with Crippen molar-refractivity contribution in [3.63, 3.8) is 0 Å². The predicted molar refractivity (Wildman–Crippen MR) is 121 cm³/mol. The highest BCUT2D eigenvalue weighted by Crippen LogP contribution is 2.48. The van der Waals surface area contributed by atoms with Crippen LogP contribution in [0.15, 0.2) is 86.2 Å². The molecule has 32 heavy (non-hydrogen) atoms. The van der Waals surface area contributed by atoms with E-state index < -0.39 is 0 Å². The van der Waals surface area contributed by atoms with Gasteiger partial charge in [0.05, 0.1) is 17.1 Å². The maximum absolute atomic E-state index is 13.3. The molecule has 0 fully saturated rings. The highest BCUT2D eigenvalue weighted by atomic mass is 32.2. The number of thioether (sulfide) groups is 1. The number of carbonyl (C=O) groups is 1. The van der Waals surface area contributed by atoms with E-state index >= 15 is 0 Å². The van der Waals surface area contributed by atoms with E-state index in [0.29, 0.717) is 22.6 Å². The molecule has 1 aromatic heterocycles. The number of rotatable bonds is 4. The van der Waals surface area contributed by atoms with Gasteiger partial charge in [-0.3, -0.25) is 9.69 Å². The van der Waals surface area contributed by atoms with Crippen LogP contribution in [0.3, 0.4) is 0 Å². The van der Waals surface area contributed by atoms with Crippen LogP contribution < -0.4 is 14.4 Å². The lowest BCUT2D eigenvalue weighted by molar-refractivity contribution is -0.115. The molecule has 0 N–H and O–H groups in total. The first kappa shape index (κ1) is 19.3. The lowest BCUT2D eigenvalue weighted by Crippen LogP contribution is -2.29. The van der Waals surface area contributed by atoms with Crippen molar-refractivity contribution in [2.75, 3.05) is 17.4 Å². The van der Waals surface area contributed by atoms with E-state index in [-0.39, 0.29) is 18.5 Å². The Morgan fingerprint density at radius 3 is 2.44 bits per heavy atom. The Morgan fingerprint density at radius 2 is 1.66 bits per heavy atom. The van der Waals surface area contributed by atoms with Crippen LogP contribution in [0, 0.1) is 0 Å². The quantitative estimate of drug-likeness (QED) is 0.375. The Hall–Kier alpha value is -3.43. The summed E-state index contributed by atoms with van der Waals surface area (Å²) in [7, 11) is 0. The zero-order valence-electron chi connectivity index (χ0n) is 16.6. The second-order valence-electron chi connectivity index (χ2n) is 7.00. The normalized spacial score (nSPS) is 13.6. The first-order chi connectivity index (χ1) is 15.8. The Morgan fingerprint density at radius 1 is 0.938 bits per heavy atom. The first-order valence-electron chi connectivity index (χ1n) is 9.81. The SMILES string of the molecule is O=C(CSc1nnc(-c2ccc3c(c2)OCO3)o1)N1c2ccccc2Sc2ccccc21. The molecular formula is C23H15N3O4S2. The van der Waals surface area contributed by atoms with Crippen LogP contribution in [-0.4, -0.2) is 28.7 Å². The first-order valence-corrected chi connectivity index (χ1v) is 11.6. The van der Waals surface area contributed by atoms with Gasteiger partial charge >= 0.3 is 0 Å². The van der Waals surface area contributed by atoms with Gasteiger partial charge in [0, 0.05) is 15.4 Å². The summed E-state index contributed by atoms with van der Waals surface area (Å²) in [6.07, 6.45) is 0. The minimum atomic E-state index is -0.0574. The van der Waals surface area contributed by atoms with E-state index in [2.05, 4.69) is 10.2 Å². The summed E-state index contributed by atoms with van der Waals surface area (Å²) in [5.74, 6) is 1.80. The van der Waals surface area contributed by atoms with Crippen LogP contribution in [0.1, 0.15) is 0 Å². The Bertz CT molecular complexity index is 1290. The van der Waals surface area contributed by atoms with E-state index in [0.717, 1.165) is 26.7 Å². The number of fused-ring (bicyclic) bond motifs is 3. The molecule has 9 heteroatoms. The van der Waals surface area contributed by atoms with E-state index in [9.17, 15) is 4.79 Å². The van der Waals surface area contributed by atoms with Crippen molar-refractivity contribution in [2.45, 2.75) is 15.0 Å². The zero-order chi connectivity index (χ0) is 21.5. The summed E-state index contributed by atoms with van der Waals surface area (Å²) >= 11 is 2.88. The molecule has 0 bridgehead atoms. The summed E-state index contributed by atoms with van der Waals surface area (Å²) in [5, 5.41) is 8.54. The number of para-hydroxylation sites is 2. The number of nitrogens with zero attached hydrogens (tertiary/aromatic N) is 3. The molecule has 7 nitrogen and oxygen atoms in total. The molecule has 3 heterocycles. The van der Waals surface area contributed by atoms with Gasteiger partial charge in [-0.05, 0) is 42.5 Å². The fraction of sp³-hybridized carbons (Fsp3) is 0.0870. The minimum absolute atomic E-state index is 0.0574. The molecule has 3 aromatic carbocycles. The number of anilines is 2. The van der Waals surface area contributed by atoms with Crippen molar-refractivity contribution < 1.29 is 18.7 Å². The smallest absolute Gasteiger partial charge is 0.277 e. The van der Waals surface area contributed by atoms with Crippen molar-refractivity contribution >= 4 is 40.8 Å². The number of aromatic nitrogens is 2. The third-order valence-corrected chi connectivity index (χ3v) is 6.96. The Kier molecular flexibility index (Phi) is 4.77. The van der Waals surface area contributed by atoms with E-state index in [1.54, 1.807) is 22.7 Å². The summed E-state index contributed by atoms with van der Waals surface area (Å²) in [6, 6.07) is 21.3. The van der Waals surface area contributed by atoms with Gasteiger partial charge < -0.3 is 13.9 Å². The predicted octanol–water partition coefficient (Wildman–Crippen LogP) is 5.39. The van der Waals surface area contributed by atoms with E-state index in [1.807, 2.05) is 60.7 Å². The molecular weight excluding hydrogens is 446 g/mol. The molecule has 0 atom stereocenters. The molecule has 0 saturated carbocycles. The maximum Gasteiger partial charge on any atom is 0.277 e. The van der Waals surface area contributed by atoms with Gasteiger partial charge in [0.2, 0.25) is 18.6 Å². The third kappa shape index (κ3) is 3.39. The Labute approximate surface area is 191 Å². The van der Waals surface area contributed by atoms with Gasteiger partial charge in [0.15, 0.2) is 11.5 Å². The highest BCUT2D eigenvalue weighted by Gasteiger charge is 2.28. The fourth-order valence-corrected chi connectivity index (χ4v) is 5.25. The molecule has 0 saturated heterocycles. The molecule has 0 spiro atoms. The summed E-state index contributed by atoms with van der Waals surface area (Å²) in [6.45, 7) is 0.201. The molecule has 2 aliphatic heterocycles. The molecule has 4 aromatic rings. The van der Waals surface area contributed by atoms with Crippen molar-refractivity contribution in [3.8, 4) is 23.0 Å². The second kappa shape index (κ2) is 7.92. The van der Waals surface area contributed by atoms with Gasteiger partial charge in [-0.2, -0.15) is 0 Å². The van der Waals surface area contributed by atoms with Gasteiger partial charge in [0.1, 0.15) is 0 Å². The fourth-order valence-electron chi connectivity index (χ4n) is 3.58. The molecule has 0 aliphatic carbocycles. The van der Waals surface area contributed by atoms with Crippen LogP contribution in [0.25, 0.3) is 11.5 Å². The number of amides is 1. The van der Waals surface area contributed by atoms with Gasteiger partial charge in [0.25, 0.3) is 5.22 Å². The minimum Gasteiger partial charge on any atom is -0.454 e. The zero-order valence-corrected chi connectivity index (χ0v) is 18.2. The average Bonchev–Trinajstić information content (AvgIpc) is 3.50. The highest BCUT2D eigenvalue weighted by molar-refractivity contribution is 8.00. The van der Waals surface area contributed by atoms with Crippen molar-refractivity contribution in [1.29, 1.82) is 0 Å². The molecule has 0 unspecified atom stereocenters. The monoisotopic (exact) mass is 461 g/mol. The van der Waals surface area contributed by atoms with Crippen molar-refractivity contribution in [2.24, 2.45) is 0 Å². The van der Waals surface area contributed by atoms with Crippen LogP contribution in [0.2, 0.25) is 0 Å². The molecule has 6 rings (SSSR count). The number of benzene rings is 3. The molecule has 158 valence electrons. The molecule has 1 amide bonds. The summed E-state index contributed by atoms with van der Waals surface area (Å²) in [4.78, 5) is 17.1. The largest absolute Gasteiger partial charge is 0.454 e. The van der Waals surface area contributed by atoms with Crippen LogP contribution >= 0.6 is 23.5 Å². The second-order valence-corrected chi connectivity index (χ2v) is 9.01. The van der Waals surface area contributed by atoms with Crippen LogP contribution in [0.5, 0.6) is 11.5 Å². The maximum atomic E-state index is 13.3. The third-order valence-electron chi connectivity index (χ3n) is 5.03. The Balaban J connectivity index is 1.22. The number of hydrogen-bond donors (Lipinski definition) is 0. The van der Waals surface area contributed by atoms with Gasteiger partial charge in [-0.25, -0.2) is 0 Å². The van der Waals surface area contributed by atoms with Gasteiger partial charge in [-0.15, -0.1) is 10.2 Å². The number of ether oxygens (including phenoxy) is 2.